The number of rotatable bonds is 13. The lowest BCUT2D eigenvalue weighted by molar-refractivity contribution is -0.136. The Hall–Kier alpha value is -4.53. The molecule has 2 N–H and O–H groups in total. The van der Waals surface area contributed by atoms with Crippen LogP contribution in [0.15, 0.2) is 77.8 Å². The average molecular weight is 561 g/mol. The average Bonchev–Trinajstić information content (AvgIpc) is 3.32. The van der Waals surface area contributed by atoms with Crippen LogP contribution in [0.4, 0.5) is 4.79 Å². The summed E-state index contributed by atoms with van der Waals surface area (Å²) in [5.74, 6) is 1.78. The first-order valence-corrected chi connectivity index (χ1v) is 13.8. The summed E-state index contributed by atoms with van der Waals surface area (Å²) < 4.78 is 23.2. The van der Waals surface area contributed by atoms with Gasteiger partial charge < -0.3 is 29.4 Å². The molecule has 1 heterocycles. The molecule has 0 saturated carbocycles. The van der Waals surface area contributed by atoms with E-state index in [0.29, 0.717) is 36.8 Å². The number of ether oxygens (including phenoxy) is 4. The number of carboxylic acid groups (broad SMARTS) is 1. The highest BCUT2D eigenvalue weighted by atomic mass is 16.6. The van der Waals surface area contributed by atoms with E-state index >= 15 is 0 Å². The van der Waals surface area contributed by atoms with Crippen LogP contribution in [0.5, 0.6) is 17.2 Å². The molecule has 9 nitrogen and oxygen atoms in total. The van der Waals surface area contributed by atoms with Gasteiger partial charge in [0.15, 0.2) is 0 Å². The van der Waals surface area contributed by atoms with Crippen molar-refractivity contribution in [3.63, 3.8) is 0 Å². The molecule has 0 saturated heterocycles. The van der Waals surface area contributed by atoms with Crippen molar-refractivity contribution < 1.29 is 33.6 Å². The van der Waals surface area contributed by atoms with Gasteiger partial charge >= 0.3 is 12.1 Å². The molecule has 2 atom stereocenters. The summed E-state index contributed by atoms with van der Waals surface area (Å²) in [4.78, 5) is 27.9. The minimum atomic E-state index is -0.883. The minimum Gasteiger partial charge on any atom is -0.494 e. The van der Waals surface area contributed by atoms with Crippen molar-refractivity contribution in [2.24, 2.45) is 4.99 Å². The molecule has 0 aromatic heterocycles. The third kappa shape index (κ3) is 8.99. The summed E-state index contributed by atoms with van der Waals surface area (Å²) in [5.41, 5.74) is 2.45. The molecule has 3 aromatic rings. The predicted octanol–water partition coefficient (Wildman–Crippen LogP) is 6.13. The zero-order valence-electron chi connectivity index (χ0n) is 23.5. The molecule has 1 aliphatic rings. The summed E-state index contributed by atoms with van der Waals surface area (Å²) in [5, 5.41) is 11.8. The SMILES string of the molecule is CC(C)OC(=O)NCc1cc(OCCC2N=C(c3cccc(Oc4ccccc4)c3)OC2C)ccc1CCC(=O)O. The van der Waals surface area contributed by atoms with Gasteiger partial charge in [-0.25, -0.2) is 9.79 Å². The molecule has 1 aliphatic heterocycles. The molecule has 3 aromatic carbocycles. The van der Waals surface area contributed by atoms with Crippen molar-refractivity contribution >= 4 is 18.0 Å². The molecular formula is C32H36N2O7. The van der Waals surface area contributed by atoms with Crippen molar-refractivity contribution in [2.45, 2.75) is 64.8 Å². The number of carboxylic acids is 1. The minimum absolute atomic E-state index is 0.00909. The lowest BCUT2D eigenvalue weighted by Crippen LogP contribution is -2.26. The molecule has 0 radical (unpaired) electrons. The number of hydrogen-bond donors (Lipinski definition) is 2. The van der Waals surface area contributed by atoms with E-state index in [1.807, 2.05) is 79.7 Å². The van der Waals surface area contributed by atoms with Crippen molar-refractivity contribution in [2.75, 3.05) is 6.61 Å². The van der Waals surface area contributed by atoms with E-state index in [0.717, 1.165) is 22.4 Å². The number of benzene rings is 3. The van der Waals surface area contributed by atoms with Gasteiger partial charge in [-0.15, -0.1) is 0 Å². The van der Waals surface area contributed by atoms with Gasteiger partial charge in [0.1, 0.15) is 23.4 Å². The van der Waals surface area contributed by atoms with Gasteiger partial charge in [-0.3, -0.25) is 4.79 Å². The van der Waals surface area contributed by atoms with E-state index in [-0.39, 0.29) is 31.2 Å². The number of amides is 1. The van der Waals surface area contributed by atoms with Gasteiger partial charge in [0.05, 0.1) is 18.8 Å². The van der Waals surface area contributed by atoms with Crippen molar-refractivity contribution in [3.8, 4) is 17.2 Å². The third-order valence-electron chi connectivity index (χ3n) is 6.42. The predicted molar refractivity (Wildman–Crippen MR) is 155 cm³/mol. The molecule has 0 aliphatic carbocycles. The van der Waals surface area contributed by atoms with Crippen LogP contribution in [0.2, 0.25) is 0 Å². The van der Waals surface area contributed by atoms with Crippen LogP contribution in [0.25, 0.3) is 0 Å². The van der Waals surface area contributed by atoms with Gasteiger partial charge in [0.2, 0.25) is 5.90 Å². The topological polar surface area (TPSA) is 116 Å². The highest BCUT2D eigenvalue weighted by Gasteiger charge is 2.28. The van der Waals surface area contributed by atoms with Gasteiger partial charge in [-0.05, 0) is 80.8 Å². The molecule has 0 fully saturated rings. The van der Waals surface area contributed by atoms with Crippen LogP contribution in [0.1, 0.15) is 50.3 Å². The standard InChI is InChI=1S/C32H36N2O7/c1-21(2)39-32(37)33-20-25-19-27(14-12-23(25)13-15-30(35)36)38-17-16-29-22(3)40-31(34-29)24-8-7-11-28(18-24)41-26-9-5-4-6-10-26/h4-12,14,18-19,21-22,29H,13,15-17,20H2,1-3H3,(H,33,37)(H,35,36). The van der Waals surface area contributed by atoms with Crippen molar-refractivity contribution in [3.05, 3.63) is 89.5 Å². The Labute approximate surface area is 240 Å². The Morgan fingerprint density at radius 2 is 1.76 bits per heavy atom. The van der Waals surface area contributed by atoms with E-state index in [9.17, 15) is 9.59 Å². The number of alkyl carbamates (subject to hydrolysis) is 1. The molecular weight excluding hydrogens is 524 g/mol. The molecule has 0 bridgehead atoms. The molecule has 41 heavy (non-hydrogen) atoms. The molecule has 216 valence electrons. The molecule has 1 amide bonds. The highest BCUT2D eigenvalue weighted by Crippen LogP contribution is 2.26. The summed E-state index contributed by atoms with van der Waals surface area (Å²) in [7, 11) is 0. The Morgan fingerprint density at radius 1 is 0.976 bits per heavy atom. The van der Waals surface area contributed by atoms with Crippen molar-refractivity contribution in [1.82, 2.24) is 5.32 Å². The zero-order valence-corrected chi connectivity index (χ0v) is 23.5. The zero-order chi connectivity index (χ0) is 29.2. The van der Waals surface area contributed by atoms with E-state index in [2.05, 4.69) is 5.32 Å². The smallest absolute Gasteiger partial charge is 0.407 e. The van der Waals surface area contributed by atoms with E-state index in [1.165, 1.54) is 0 Å². The van der Waals surface area contributed by atoms with Crippen LogP contribution in [-0.4, -0.2) is 47.9 Å². The first kappa shape index (κ1) is 29.5. The molecule has 4 rings (SSSR count). The maximum atomic E-state index is 12.0. The summed E-state index contributed by atoms with van der Waals surface area (Å²) >= 11 is 0. The van der Waals surface area contributed by atoms with E-state index in [4.69, 9.17) is 29.0 Å². The molecule has 9 heteroatoms. The Kier molecular flexibility index (Phi) is 10.2. The number of nitrogens with one attached hydrogen (secondary N) is 1. The number of aliphatic imine (C=N–C) groups is 1. The number of carbonyl (C=O) groups excluding carboxylic acids is 1. The van der Waals surface area contributed by atoms with Crippen LogP contribution < -0.4 is 14.8 Å². The molecule has 0 spiro atoms. The quantitative estimate of drug-likeness (QED) is 0.258. The number of hydrogen-bond acceptors (Lipinski definition) is 7. The monoisotopic (exact) mass is 560 g/mol. The Morgan fingerprint density at radius 3 is 2.51 bits per heavy atom. The second kappa shape index (κ2) is 14.2. The van der Waals surface area contributed by atoms with Gasteiger partial charge in [-0.1, -0.05) is 30.3 Å². The highest BCUT2D eigenvalue weighted by molar-refractivity contribution is 5.95. The van der Waals surface area contributed by atoms with Crippen LogP contribution >= 0.6 is 0 Å². The first-order valence-electron chi connectivity index (χ1n) is 13.8. The lowest BCUT2D eigenvalue weighted by Gasteiger charge is -2.16. The van der Waals surface area contributed by atoms with Crippen LogP contribution in [-0.2, 0) is 27.2 Å². The van der Waals surface area contributed by atoms with Crippen LogP contribution in [0, 0.1) is 0 Å². The van der Waals surface area contributed by atoms with Crippen molar-refractivity contribution in [1.29, 1.82) is 0 Å². The van der Waals surface area contributed by atoms with Crippen LogP contribution in [0.3, 0.4) is 0 Å². The first-order chi connectivity index (χ1) is 19.8. The van der Waals surface area contributed by atoms with E-state index in [1.54, 1.807) is 13.8 Å². The van der Waals surface area contributed by atoms with Gasteiger partial charge in [0.25, 0.3) is 0 Å². The second-order valence-electron chi connectivity index (χ2n) is 10.0. The number of aliphatic carboxylic acids is 1. The number of nitrogens with zero attached hydrogens (tertiary/aromatic N) is 1. The largest absolute Gasteiger partial charge is 0.494 e. The summed E-state index contributed by atoms with van der Waals surface area (Å²) in [6.07, 6.45) is 0.0876. The number of aryl methyl sites for hydroxylation is 1. The number of para-hydroxylation sites is 1. The fourth-order valence-electron chi connectivity index (χ4n) is 4.36. The van der Waals surface area contributed by atoms with Gasteiger partial charge in [-0.2, -0.15) is 0 Å². The summed E-state index contributed by atoms with van der Waals surface area (Å²) in [6.45, 7) is 6.14. The van der Waals surface area contributed by atoms with Gasteiger partial charge in [0, 0.05) is 24.9 Å². The fraction of sp³-hybridized carbons (Fsp3) is 0.344. The maximum absolute atomic E-state index is 12.0. The summed E-state index contributed by atoms with van der Waals surface area (Å²) in [6, 6.07) is 22.7. The fourth-order valence-corrected chi connectivity index (χ4v) is 4.36. The Bertz CT molecular complexity index is 1360. The lowest BCUT2D eigenvalue weighted by atomic mass is 10.0. The normalized spacial score (nSPS) is 16.0. The third-order valence-corrected chi connectivity index (χ3v) is 6.42. The number of carbonyl (C=O) groups is 2. The van der Waals surface area contributed by atoms with E-state index < -0.39 is 12.1 Å². The Balaban J connectivity index is 1.36. The molecule has 2 unspecified atom stereocenters. The second-order valence-corrected chi connectivity index (χ2v) is 10.0. The maximum Gasteiger partial charge on any atom is 0.407 e.